The molecule has 0 radical (unpaired) electrons. The van der Waals surface area contributed by atoms with E-state index in [0.29, 0.717) is 0 Å². The Morgan fingerprint density at radius 3 is 2.70 bits per heavy atom. The molecule has 1 saturated carbocycles. The first kappa shape index (κ1) is 16.3. The summed E-state index contributed by atoms with van der Waals surface area (Å²) in [6.07, 6.45) is 3.22. The third-order valence-electron chi connectivity index (χ3n) is 4.41. The average molecular weight is 349 g/mol. The summed E-state index contributed by atoms with van der Waals surface area (Å²) in [6, 6.07) is 10.2. The Balaban J connectivity index is 1.66. The van der Waals surface area contributed by atoms with Crippen molar-refractivity contribution in [2.75, 3.05) is 17.3 Å². The van der Waals surface area contributed by atoms with E-state index in [1.54, 1.807) is 11.3 Å². The van der Waals surface area contributed by atoms with Gasteiger partial charge in [0.05, 0.1) is 10.9 Å². The van der Waals surface area contributed by atoms with Crippen LogP contribution in [-0.2, 0) is 11.3 Å². The standard InChI is InChI=1S/C18H21ClN2OS/c1-12-10-14(21(2)11-15-7-9-17(19)23-15)6-8-16(12)20-18(22)13-4-3-5-13/h6-10,13H,3-5,11H2,1-2H3,(H,20,22). The summed E-state index contributed by atoms with van der Waals surface area (Å²) in [4.78, 5) is 15.5. The number of nitrogens with zero attached hydrogens (tertiary/aromatic N) is 1. The van der Waals surface area contributed by atoms with Crippen LogP contribution in [0, 0.1) is 12.8 Å². The number of halogens is 1. The van der Waals surface area contributed by atoms with Crippen LogP contribution < -0.4 is 10.2 Å². The molecular formula is C18H21ClN2OS. The highest BCUT2D eigenvalue weighted by molar-refractivity contribution is 7.16. The fourth-order valence-corrected chi connectivity index (χ4v) is 3.83. The van der Waals surface area contributed by atoms with Crippen LogP contribution in [0.5, 0.6) is 0 Å². The maximum absolute atomic E-state index is 12.1. The van der Waals surface area contributed by atoms with Crippen LogP contribution in [0.1, 0.15) is 29.7 Å². The zero-order valence-electron chi connectivity index (χ0n) is 13.4. The molecule has 0 saturated heterocycles. The maximum Gasteiger partial charge on any atom is 0.227 e. The summed E-state index contributed by atoms with van der Waals surface area (Å²) < 4.78 is 0.818. The molecule has 0 spiro atoms. The SMILES string of the molecule is Cc1cc(N(C)Cc2ccc(Cl)s2)ccc1NC(=O)C1CCC1. The minimum atomic E-state index is 0.161. The van der Waals surface area contributed by atoms with Gasteiger partial charge in [-0.05, 0) is 55.7 Å². The number of hydrogen-bond acceptors (Lipinski definition) is 3. The lowest BCUT2D eigenvalue weighted by molar-refractivity contribution is -0.122. The first-order chi connectivity index (χ1) is 11.0. The molecule has 1 amide bonds. The number of aryl methyl sites for hydroxylation is 1. The predicted octanol–water partition coefficient (Wildman–Crippen LogP) is 5.08. The van der Waals surface area contributed by atoms with Gasteiger partial charge in [-0.25, -0.2) is 0 Å². The summed E-state index contributed by atoms with van der Waals surface area (Å²) in [6.45, 7) is 2.86. The second-order valence-electron chi connectivity index (χ2n) is 6.18. The number of carbonyl (C=O) groups excluding carboxylic acids is 1. The zero-order valence-corrected chi connectivity index (χ0v) is 15.0. The molecule has 0 atom stereocenters. The molecule has 0 aliphatic heterocycles. The van der Waals surface area contributed by atoms with Crippen LogP contribution in [0.25, 0.3) is 0 Å². The van der Waals surface area contributed by atoms with Gasteiger partial charge in [-0.2, -0.15) is 0 Å². The van der Waals surface area contributed by atoms with E-state index < -0.39 is 0 Å². The highest BCUT2D eigenvalue weighted by Crippen LogP contribution is 2.30. The van der Waals surface area contributed by atoms with Crippen molar-refractivity contribution in [2.24, 2.45) is 5.92 Å². The van der Waals surface area contributed by atoms with Gasteiger partial charge in [-0.3, -0.25) is 4.79 Å². The molecule has 1 aliphatic carbocycles. The summed E-state index contributed by atoms with van der Waals surface area (Å²) >= 11 is 7.59. The van der Waals surface area contributed by atoms with E-state index in [1.807, 2.05) is 19.1 Å². The van der Waals surface area contributed by atoms with E-state index in [9.17, 15) is 4.79 Å². The number of benzene rings is 1. The van der Waals surface area contributed by atoms with Crippen molar-refractivity contribution >= 4 is 40.2 Å². The Labute approximate surface area is 146 Å². The van der Waals surface area contributed by atoms with Crippen molar-refractivity contribution < 1.29 is 4.79 Å². The first-order valence-electron chi connectivity index (χ1n) is 7.90. The lowest BCUT2D eigenvalue weighted by Crippen LogP contribution is -2.28. The molecule has 2 aromatic rings. The van der Waals surface area contributed by atoms with Gasteiger partial charge in [0.25, 0.3) is 0 Å². The zero-order chi connectivity index (χ0) is 16.4. The van der Waals surface area contributed by atoms with Gasteiger partial charge in [-0.1, -0.05) is 18.0 Å². The Morgan fingerprint density at radius 1 is 1.35 bits per heavy atom. The van der Waals surface area contributed by atoms with Gasteiger partial charge in [0.1, 0.15) is 0 Å². The molecule has 1 heterocycles. The van der Waals surface area contributed by atoms with Crippen molar-refractivity contribution in [2.45, 2.75) is 32.7 Å². The number of hydrogen-bond donors (Lipinski definition) is 1. The quantitative estimate of drug-likeness (QED) is 0.816. The third kappa shape index (κ3) is 3.88. The summed E-state index contributed by atoms with van der Waals surface area (Å²) in [7, 11) is 2.06. The largest absolute Gasteiger partial charge is 0.369 e. The number of amides is 1. The third-order valence-corrected chi connectivity index (χ3v) is 5.62. The van der Waals surface area contributed by atoms with Gasteiger partial charge < -0.3 is 10.2 Å². The second-order valence-corrected chi connectivity index (χ2v) is 7.98. The lowest BCUT2D eigenvalue weighted by atomic mass is 9.85. The van der Waals surface area contributed by atoms with E-state index in [0.717, 1.165) is 40.7 Å². The van der Waals surface area contributed by atoms with Gasteiger partial charge in [0.2, 0.25) is 5.91 Å². The number of carbonyl (C=O) groups is 1. The number of thiophene rings is 1. The summed E-state index contributed by atoms with van der Waals surface area (Å²) in [5, 5.41) is 3.06. The predicted molar refractivity (Wildman–Crippen MR) is 98.6 cm³/mol. The molecule has 1 aromatic heterocycles. The van der Waals surface area contributed by atoms with E-state index in [4.69, 9.17) is 11.6 Å². The van der Waals surface area contributed by atoms with E-state index in [-0.39, 0.29) is 11.8 Å². The number of anilines is 2. The number of rotatable bonds is 5. The van der Waals surface area contributed by atoms with Gasteiger partial charge >= 0.3 is 0 Å². The Morgan fingerprint density at radius 2 is 2.13 bits per heavy atom. The molecule has 0 bridgehead atoms. The normalized spacial score (nSPS) is 14.4. The molecule has 122 valence electrons. The highest BCUT2D eigenvalue weighted by Gasteiger charge is 2.25. The molecule has 1 aromatic carbocycles. The van der Waals surface area contributed by atoms with Crippen LogP contribution in [0.2, 0.25) is 4.34 Å². The summed E-state index contributed by atoms with van der Waals surface area (Å²) in [5.74, 6) is 0.369. The number of nitrogens with one attached hydrogen (secondary N) is 1. The fraction of sp³-hybridized carbons (Fsp3) is 0.389. The average Bonchev–Trinajstić information content (AvgIpc) is 2.84. The van der Waals surface area contributed by atoms with Crippen LogP contribution in [0.4, 0.5) is 11.4 Å². The molecule has 5 heteroatoms. The van der Waals surface area contributed by atoms with Gasteiger partial charge in [-0.15, -0.1) is 11.3 Å². The molecule has 1 aliphatic rings. The first-order valence-corrected chi connectivity index (χ1v) is 9.09. The van der Waals surface area contributed by atoms with Crippen molar-refractivity contribution in [1.29, 1.82) is 0 Å². The molecule has 1 N–H and O–H groups in total. The minimum absolute atomic E-state index is 0.161. The van der Waals surface area contributed by atoms with Gasteiger partial charge in [0, 0.05) is 29.2 Å². The lowest BCUT2D eigenvalue weighted by Gasteiger charge is -2.25. The van der Waals surface area contributed by atoms with Crippen LogP contribution in [-0.4, -0.2) is 13.0 Å². The minimum Gasteiger partial charge on any atom is -0.369 e. The molecule has 0 unspecified atom stereocenters. The molecule has 23 heavy (non-hydrogen) atoms. The van der Waals surface area contributed by atoms with Gasteiger partial charge in [0.15, 0.2) is 0 Å². The van der Waals surface area contributed by atoms with Crippen LogP contribution in [0.15, 0.2) is 30.3 Å². The van der Waals surface area contributed by atoms with E-state index in [1.165, 1.54) is 11.3 Å². The Hall–Kier alpha value is -1.52. The van der Waals surface area contributed by atoms with Crippen molar-refractivity contribution in [3.05, 3.63) is 45.1 Å². The van der Waals surface area contributed by atoms with Crippen LogP contribution >= 0.6 is 22.9 Å². The maximum atomic E-state index is 12.1. The smallest absolute Gasteiger partial charge is 0.227 e. The van der Waals surface area contributed by atoms with E-state index in [2.05, 4.69) is 35.5 Å². The highest BCUT2D eigenvalue weighted by atomic mass is 35.5. The van der Waals surface area contributed by atoms with Crippen molar-refractivity contribution in [3.63, 3.8) is 0 Å². The molecule has 1 fully saturated rings. The summed E-state index contributed by atoms with van der Waals surface area (Å²) in [5.41, 5.74) is 3.14. The van der Waals surface area contributed by atoms with Crippen LogP contribution in [0.3, 0.4) is 0 Å². The monoisotopic (exact) mass is 348 g/mol. The molecule has 3 rings (SSSR count). The van der Waals surface area contributed by atoms with Crippen molar-refractivity contribution in [1.82, 2.24) is 0 Å². The fourth-order valence-electron chi connectivity index (χ4n) is 2.69. The topological polar surface area (TPSA) is 32.3 Å². The van der Waals surface area contributed by atoms with E-state index >= 15 is 0 Å². The Bertz CT molecular complexity index is 709. The molecular weight excluding hydrogens is 328 g/mol. The van der Waals surface area contributed by atoms with Crippen molar-refractivity contribution in [3.8, 4) is 0 Å². The Kier molecular flexibility index (Phi) is 4.93. The second kappa shape index (κ2) is 6.93. The molecule has 3 nitrogen and oxygen atoms in total.